The Morgan fingerprint density at radius 2 is 1.79 bits per heavy atom. The highest BCUT2D eigenvalue weighted by Gasteiger charge is 2.07. The van der Waals surface area contributed by atoms with Crippen LogP contribution in [0.15, 0.2) is 58.9 Å². The first kappa shape index (κ1) is 12.7. The average molecular weight is 257 g/mol. The lowest BCUT2D eigenvalue weighted by atomic mass is 10.1. The summed E-state index contributed by atoms with van der Waals surface area (Å²) in [5, 5.41) is 17.4. The average Bonchev–Trinajstić information content (AvgIpc) is 2.42. The van der Waals surface area contributed by atoms with Gasteiger partial charge in [-0.1, -0.05) is 17.4 Å². The van der Waals surface area contributed by atoms with Crippen molar-refractivity contribution in [2.24, 2.45) is 16.2 Å². The Morgan fingerprint density at radius 1 is 1.11 bits per heavy atom. The van der Waals surface area contributed by atoms with Crippen molar-refractivity contribution < 1.29 is 4.39 Å². The molecule has 0 aromatic heterocycles. The van der Waals surface area contributed by atoms with E-state index in [-0.39, 0.29) is 11.7 Å². The van der Waals surface area contributed by atoms with Gasteiger partial charge in [0.15, 0.2) is 5.84 Å². The van der Waals surface area contributed by atoms with Gasteiger partial charge in [-0.15, -0.1) is 5.11 Å². The van der Waals surface area contributed by atoms with Crippen LogP contribution in [0.3, 0.4) is 0 Å². The van der Waals surface area contributed by atoms with Gasteiger partial charge in [-0.2, -0.15) is 0 Å². The second kappa shape index (κ2) is 5.72. The molecule has 0 atom stereocenters. The largest absolute Gasteiger partial charge is 0.355 e. The molecular weight excluding hydrogens is 245 g/mol. The van der Waals surface area contributed by atoms with Crippen LogP contribution in [-0.2, 0) is 0 Å². The number of amidine groups is 1. The van der Waals surface area contributed by atoms with E-state index in [0.29, 0.717) is 16.9 Å². The first-order valence-corrected chi connectivity index (χ1v) is 5.52. The van der Waals surface area contributed by atoms with Crippen molar-refractivity contribution in [3.05, 3.63) is 59.9 Å². The van der Waals surface area contributed by atoms with Crippen molar-refractivity contribution in [1.82, 2.24) is 0 Å². The number of anilines is 2. The van der Waals surface area contributed by atoms with Crippen LogP contribution < -0.4 is 11.2 Å². The van der Waals surface area contributed by atoms with Crippen LogP contribution in [0.4, 0.5) is 15.8 Å². The Kier molecular flexibility index (Phi) is 3.82. The number of halogens is 1. The van der Waals surface area contributed by atoms with Crippen molar-refractivity contribution in [1.29, 1.82) is 5.41 Å². The molecule has 19 heavy (non-hydrogen) atoms. The van der Waals surface area contributed by atoms with Crippen LogP contribution >= 0.6 is 0 Å². The minimum absolute atomic E-state index is 0.0484. The highest BCUT2D eigenvalue weighted by atomic mass is 19.1. The van der Waals surface area contributed by atoms with Crippen molar-refractivity contribution in [3.8, 4) is 0 Å². The van der Waals surface area contributed by atoms with E-state index in [1.807, 2.05) is 6.07 Å². The molecule has 5 nitrogen and oxygen atoms in total. The fraction of sp³-hybridized carbons (Fsp3) is 0. The minimum Gasteiger partial charge on any atom is -0.355 e. The van der Waals surface area contributed by atoms with E-state index >= 15 is 0 Å². The fourth-order valence-corrected chi connectivity index (χ4v) is 1.60. The summed E-state index contributed by atoms with van der Waals surface area (Å²) in [5.41, 5.74) is 1.94. The third kappa shape index (κ3) is 3.12. The number of rotatable bonds is 3. The standard InChI is InChI=1S/C13H12FN5/c14-9-5-7-10(8-6-9)17-12-4-2-1-3-11(12)13(15)18-19-16/h1-8,17H,(H3,15,16,18). The van der Waals surface area contributed by atoms with Crippen LogP contribution in [0.5, 0.6) is 0 Å². The smallest absolute Gasteiger partial charge is 0.178 e. The van der Waals surface area contributed by atoms with Gasteiger partial charge < -0.3 is 11.2 Å². The Hall–Kier alpha value is -2.76. The molecule has 0 fully saturated rings. The van der Waals surface area contributed by atoms with Crippen LogP contribution in [0.25, 0.3) is 0 Å². The molecule has 0 aliphatic rings. The molecule has 0 aliphatic carbocycles. The first-order chi connectivity index (χ1) is 9.20. The monoisotopic (exact) mass is 257 g/mol. The number of nitrogens with zero attached hydrogens (tertiary/aromatic N) is 2. The Bertz CT molecular complexity index is 607. The third-order valence-corrected chi connectivity index (χ3v) is 2.46. The van der Waals surface area contributed by atoms with Crippen molar-refractivity contribution in [3.63, 3.8) is 0 Å². The first-order valence-electron chi connectivity index (χ1n) is 5.52. The van der Waals surface area contributed by atoms with E-state index in [0.717, 1.165) is 0 Å². The summed E-state index contributed by atoms with van der Waals surface area (Å²) < 4.78 is 12.8. The van der Waals surface area contributed by atoms with Gasteiger partial charge >= 0.3 is 0 Å². The number of para-hydroxylation sites is 1. The van der Waals surface area contributed by atoms with E-state index in [1.165, 1.54) is 12.1 Å². The molecule has 0 unspecified atom stereocenters. The third-order valence-electron chi connectivity index (χ3n) is 2.46. The summed E-state index contributed by atoms with van der Waals surface area (Å²) in [6.45, 7) is 0. The predicted octanol–water partition coefficient (Wildman–Crippen LogP) is 3.22. The molecule has 96 valence electrons. The zero-order valence-electron chi connectivity index (χ0n) is 9.97. The quantitative estimate of drug-likeness (QED) is 0.259. The maximum atomic E-state index is 12.8. The molecule has 6 heteroatoms. The lowest BCUT2D eigenvalue weighted by molar-refractivity contribution is 0.628. The zero-order chi connectivity index (χ0) is 13.7. The van der Waals surface area contributed by atoms with Crippen molar-refractivity contribution in [2.45, 2.75) is 0 Å². The molecule has 0 heterocycles. The number of hydrogen-bond acceptors (Lipinski definition) is 3. The topological polar surface area (TPSA) is 86.6 Å². The molecule has 0 aliphatic heterocycles. The van der Waals surface area contributed by atoms with Gasteiger partial charge in [0.25, 0.3) is 0 Å². The second-order valence-electron chi connectivity index (χ2n) is 3.74. The molecule has 0 amide bonds. The summed E-state index contributed by atoms with van der Waals surface area (Å²) in [6, 6.07) is 13.1. The summed E-state index contributed by atoms with van der Waals surface area (Å²) in [4.78, 5) is 0. The highest BCUT2D eigenvalue weighted by Crippen LogP contribution is 2.21. The van der Waals surface area contributed by atoms with Gasteiger partial charge in [0.2, 0.25) is 0 Å². The lowest BCUT2D eigenvalue weighted by Gasteiger charge is -2.10. The highest BCUT2D eigenvalue weighted by molar-refractivity contribution is 6.02. The number of benzene rings is 2. The SMILES string of the molecule is N=C(N=NN)c1ccccc1Nc1ccc(F)cc1. The van der Waals surface area contributed by atoms with E-state index in [2.05, 4.69) is 15.7 Å². The molecule has 0 bridgehead atoms. The molecule has 0 radical (unpaired) electrons. The Morgan fingerprint density at radius 3 is 2.47 bits per heavy atom. The molecule has 0 saturated heterocycles. The normalized spacial score (nSPS) is 10.6. The van der Waals surface area contributed by atoms with E-state index in [9.17, 15) is 4.39 Å². The predicted molar refractivity (Wildman–Crippen MR) is 72.0 cm³/mol. The summed E-state index contributed by atoms with van der Waals surface area (Å²) >= 11 is 0. The molecule has 2 aromatic carbocycles. The number of nitrogens with two attached hydrogens (primary N) is 1. The van der Waals surface area contributed by atoms with Gasteiger partial charge in [-0.05, 0) is 36.4 Å². The van der Waals surface area contributed by atoms with Crippen LogP contribution in [-0.4, -0.2) is 5.84 Å². The number of nitrogens with one attached hydrogen (secondary N) is 2. The Balaban J connectivity index is 2.30. The lowest BCUT2D eigenvalue weighted by Crippen LogP contribution is -2.01. The minimum atomic E-state index is -0.302. The molecule has 2 aromatic rings. The number of hydrogen-bond donors (Lipinski definition) is 3. The molecule has 2 rings (SSSR count). The molecule has 0 saturated carbocycles. The van der Waals surface area contributed by atoms with E-state index in [1.54, 1.807) is 30.3 Å². The van der Waals surface area contributed by atoms with E-state index < -0.39 is 0 Å². The zero-order valence-corrected chi connectivity index (χ0v) is 9.97. The van der Waals surface area contributed by atoms with Gasteiger partial charge in [0.1, 0.15) is 5.82 Å². The Labute approximate surface area is 109 Å². The van der Waals surface area contributed by atoms with Crippen LogP contribution in [0.1, 0.15) is 5.56 Å². The molecule has 0 spiro atoms. The summed E-state index contributed by atoms with van der Waals surface area (Å²) in [6.07, 6.45) is 0. The maximum absolute atomic E-state index is 12.8. The van der Waals surface area contributed by atoms with Gasteiger partial charge in [-0.25, -0.2) is 4.39 Å². The van der Waals surface area contributed by atoms with Crippen molar-refractivity contribution in [2.75, 3.05) is 5.32 Å². The summed E-state index contributed by atoms with van der Waals surface area (Å²) in [7, 11) is 0. The van der Waals surface area contributed by atoms with Crippen LogP contribution in [0, 0.1) is 11.2 Å². The molecule has 4 N–H and O–H groups in total. The fourth-order valence-electron chi connectivity index (χ4n) is 1.60. The van der Waals surface area contributed by atoms with Crippen LogP contribution in [0.2, 0.25) is 0 Å². The van der Waals surface area contributed by atoms with Gasteiger partial charge in [0, 0.05) is 16.9 Å². The van der Waals surface area contributed by atoms with Crippen molar-refractivity contribution >= 4 is 17.2 Å². The second-order valence-corrected chi connectivity index (χ2v) is 3.74. The molecular formula is C13H12FN5. The van der Waals surface area contributed by atoms with Gasteiger partial charge in [0.05, 0.1) is 0 Å². The summed E-state index contributed by atoms with van der Waals surface area (Å²) in [5.74, 6) is 4.59. The maximum Gasteiger partial charge on any atom is 0.178 e. The van der Waals surface area contributed by atoms with Gasteiger partial charge in [-0.3, -0.25) is 5.41 Å². The van der Waals surface area contributed by atoms with E-state index in [4.69, 9.17) is 11.3 Å².